The monoisotopic (exact) mass is 448 g/mol. The molecule has 8 heteroatoms. The number of aromatic hydroxyl groups is 1. The van der Waals surface area contributed by atoms with Crippen molar-refractivity contribution in [3.63, 3.8) is 0 Å². The van der Waals surface area contributed by atoms with Gasteiger partial charge in [0.1, 0.15) is 11.6 Å². The summed E-state index contributed by atoms with van der Waals surface area (Å²) in [5.41, 5.74) is 3.07. The van der Waals surface area contributed by atoms with Crippen molar-refractivity contribution < 1.29 is 19.1 Å². The zero-order valence-corrected chi connectivity index (χ0v) is 18.1. The molecule has 0 atom stereocenters. The SMILES string of the molecule is O=C(Nc1ccc(O)c(-c2cc(C3CCC3)n(C(=O)NCc3ccc(F)cc3)n2)c1)C1CC1. The number of nitrogens with zero attached hydrogens (tertiary/aromatic N) is 2. The van der Waals surface area contributed by atoms with E-state index < -0.39 is 0 Å². The maximum atomic E-state index is 13.1. The lowest BCUT2D eigenvalue weighted by atomic mass is 9.82. The van der Waals surface area contributed by atoms with Crippen LogP contribution in [0, 0.1) is 11.7 Å². The van der Waals surface area contributed by atoms with Crippen LogP contribution in [0.3, 0.4) is 0 Å². The Kier molecular flexibility index (Phi) is 5.58. The number of aromatic nitrogens is 2. The molecule has 3 aromatic rings. The predicted octanol–water partition coefficient (Wildman–Crippen LogP) is 4.77. The number of anilines is 1. The van der Waals surface area contributed by atoms with Crippen LogP contribution in [-0.4, -0.2) is 26.8 Å². The van der Waals surface area contributed by atoms with Crippen molar-refractivity contribution in [2.75, 3.05) is 5.32 Å². The number of amides is 2. The van der Waals surface area contributed by atoms with Gasteiger partial charge in [-0.25, -0.2) is 9.18 Å². The van der Waals surface area contributed by atoms with Gasteiger partial charge in [-0.15, -0.1) is 0 Å². The fourth-order valence-electron chi connectivity index (χ4n) is 3.95. The number of hydrogen-bond donors (Lipinski definition) is 3. The van der Waals surface area contributed by atoms with Crippen LogP contribution in [0.1, 0.15) is 49.3 Å². The van der Waals surface area contributed by atoms with Crippen LogP contribution in [0.15, 0.2) is 48.5 Å². The number of halogens is 1. The van der Waals surface area contributed by atoms with Crippen LogP contribution < -0.4 is 10.6 Å². The summed E-state index contributed by atoms with van der Waals surface area (Å²) in [7, 11) is 0. The topological polar surface area (TPSA) is 96.2 Å². The van der Waals surface area contributed by atoms with Crippen LogP contribution in [0.2, 0.25) is 0 Å². The molecule has 0 aliphatic heterocycles. The number of carbonyl (C=O) groups excluding carboxylic acids is 2. The first-order valence-electron chi connectivity index (χ1n) is 11.2. The molecule has 3 N–H and O–H groups in total. The quantitative estimate of drug-likeness (QED) is 0.474. The second kappa shape index (κ2) is 8.69. The highest BCUT2D eigenvalue weighted by molar-refractivity contribution is 5.95. The van der Waals surface area contributed by atoms with Gasteiger partial charge >= 0.3 is 6.03 Å². The Morgan fingerprint density at radius 3 is 2.48 bits per heavy atom. The summed E-state index contributed by atoms with van der Waals surface area (Å²) in [6, 6.07) is 12.3. The molecule has 2 fully saturated rings. The molecule has 170 valence electrons. The lowest BCUT2D eigenvalue weighted by Gasteiger charge is -2.25. The summed E-state index contributed by atoms with van der Waals surface area (Å²) in [5.74, 6) is -0.0351. The molecule has 0 unspecified atom stereocenters. The molecule has 1 heterocycles. The van der Waals surface area contributed by atoms with E-state index in [1.807, 2.05) is 6.07 Å². The van der Waals surface area contributed by atoms with E-state index in [9.17, 15) is 19.1 Å². The first-order chi connectivity index (χ1) is 16.0. The van der Waals surface area contributed by atoms with E-state index in [1.54, 1.807) is 24.3 Å². The van der Waals surface area contributed by atoms with Gasteiger partial charge in [0.2, 0.25) is 5.91 Å². The van der Waals surface area contributed by atoms with Crippen molar-refractivity contribution in [1.82, 2.24) is 15.1 Å². The van der Waals surface area contributed by atoms with E-state index in [4.69, 9.17) is 0 Å². The number of phenolic OH excluding ortho intramolecular Hbond substituents is 1. The van der Waals surface area contributed by atoms with Gasteiger partial charge in [-0.1, -0.05) is 18.6 Å². The second-order valence-electron chi connectivity index (χ2n) is 8.77. The number of carbonyl (C=O) groups is 2. The largest absolute Gasteiger partial charge is 0.507 e. The molecule has 0 spiro atoms. The van der Waals surface area contributed by atoms with Crippen molar-refractivity contribution in [2.24, 2.45) is 5.92 Å². The first-order valence-corrected chi connectivity index (χ1v) is 11.2. The lowest BCUT2D eigenvalue weighted by molar-refractivity contribution is -0.117. The highest BCUT2D eigenvalue weighted by Gasteiger charge is 2.30. The molecule has 1 aromatic heterocycles. The zero-order valence-electron chi connectivity index (χ0n) is 18.1. The third kappa shape index (κ3) is 4.60. The number of rotatable bonds is 6. The molecule has 5 rings (SSSR count). The molecule has 0 bridgehead atoms. The maximum absolute atomic E-state index is 13.1. The second-order valence-corrected chi connectivity index (χ2v) is 8.77. The number of phenols is 1. The summed E-state index contributed by atoms with van der Waals surface area (Å²) < 4.78 is 14.5. The van der Waals surface area contributed by atoms with Crippen molar-refractivity contribution >= 4 is 17.6 Å². The van der Waals surface area contributed by atoms with Crippen LogP contribution in [-0.2, 0) is 11.3 Å². The molecule has 2 amide bonds. The van der Waals surface area contributed by atoms with Crippen LogP contribution >= 0.6 is 0 Å². The molecule has 2 aliphatic rings. The van der Waals surface area contributed by atoms with E-state index in [-0.39, 0.29) is 41.9 Å². The first kappa shape index (κ1) is 21.2. The Labute approximate surface area is 190 Å². The Bertz CT molecular complexity index is 1200. The zero-order chi connectivity index (χ0) is 22.9. The molecule has 7 nitrogen and oxygen atoms in total. The molecule has 0 saturated heterocycles. The summed E-state index contributed by atoms with van der Waals surface area (Å²) >= 11 is 0. The Balaban J connectivity index is 1.40. The van der Waals surface area contributed by atoms with Crippen LogP contribution in [0.25, 0.3) is 11.3 Å². The molecule has 0 radical (unpaired) electrons. The van der Waals surface area contributed by atoms with Gasteiger partial charge in [-0.3, -0.25) is 4.79 Å². The normalized spacial score (nSPS) is 15.7. The summed E-state index contributed by atoms with van der Waals surface area (Å²) in [5, 5.41) is 20.7. The minimum absolute atomic E-state index is 0.0208. The fourth-order valence-corrected chi connectivity index (χ4v) is 3.95. The average molecular weight is 448 g/mol. The Morgan fingerprint density at radius 2 is 1.82 bits per heavy atom. The minimum atomic E-state index is -0.384. The van der Waals surface area contributed by atoms with E-state index in [2.05, 4.69) is 15.7 Å². The van der Waals surface area contributed by atoms with Crippen molar-refractivity contribution in [1.29, 1.82) is 0 Å². The molecule has 2 aliphatic carbocycles. The van der Waals surface area contributed by atoms with Crippen molar-refractivity contribution in [3.8, 4) is 17.0 Å². The standard InChI is InChI=1S/C25H25FN4O3/c26-18-8-4-15(5-9-18)14-27-25(33)30-22(16-2-1-3-16)13-21(29-30)20-12-19(10-11-23(20)31)28-24(32)17-6-7-17/h4-5,8-13,16-17,31H,1-3,6-7,14H2,(H,27,33)(H,28,32). The van der Waals surface area contributed by atoms with E-state index >= 15 is 0 Å². The van der Waals surface area contributed by atoms with Gasteiger partial charge in [-0.2, -0.15) is 9.78 Å². The van der Waals surface area contributed by atoms with Crippen LogP contribution in [0.4, 0.5) is 14.9 Å². The van der Waals surface area contributed by atoms with Gasteiger partial charge in [0.15, 0.2) is 0 Å². The third-order valence-electron chi connectivity index (χ3n) is 6.30. The van der Waals surface area contributed by atoms with Crippen molar-refractivity contribution in [2.45, 2.75) is 44.6 Å². The van der Waals surface area contributed by atoms with E-state index in [0.29, 0.717) is 16.9 Å². The van der Waals surface area contributed by atoms with E-state index in [1.165, 1.54) is 22.9 Å². The van der Waals surface area contributed by atoms with Gasteiger partial charge < -0.3 is 15.7 Å². The number of hydrogen-bond acceptors (Lipinski definition) is 4. The van der Waals surface area contributed by atoms with Gasteiger partial charge in [0.05, 0.1) is 11.4 Å². The van der Waals surface area contributed by atoms with Gasteiger partial charge in [0.25, 0.3) is 0 Å². The summed E-state index contributed by atoms with van der Waals surface area (Å²) in [4.78, 5) is 25.1. The molecule has 2 saturated carbocycles. The van der Waals surface area contributed by atoms with E-state index in [0.717, 1.165) is 43.4 Å². The van der Waals surface area contributed by atoms with Gasteiger partial charge in [0, 0.05) is 29.6 Å². The number of nitrogens with one attached hydrogen (secondary N) is 2. The highest BCUT2D eigenvalue weighted by Crippen LogP contribution is 2.39. The third-order valence-corrected chi connectivity index (χ3v) is 6.30. The molecular weight excluding hydrogens is 423 g/mol. The highest BCUT2D eigenvalue weighted by atomic mass is 19.1. The summed E-state index contributed by atoms with van der Waals surface area (Å²) in [6.45, 7) is 0.242. The number of benzene rings is 2. The molecule has 33 heavy (non-hydrogen) atoms. The smallest absolute Gasteiger partial charge is 0.342 e. The molecular formula is C25H25FN4O3. The fraction of sp³-hybridized carbons (Fsp3) is 0.320. The molecule has 2 aromatic carbocycles. The lowest BCUT2D eigenvalue weighted by Crippen LogP contribution is -2.31. The Morgan fingerprint density at radius 1 is 1.06 bits per heavy atom. The van der Waals surface area contributed by atoms with Crippen molar-refractivity contribution in [3.05, 3.63) is 65.6 Å². The van der Waals surface area contributed by atoms with Crippen LogP contribution in [0.5, 0.6) is 5.75 Å². The average Bonchev–Trinajstić information content (AvgIpc) is 3.54. The minimum Gasteiger partial charge on any atom is -0.507 e. The van der Waals surface area contributed by atoms with Gasteiger partial charge in [-0.05, 0) is 67.6 Å². The Hall–Kier alpha value is -3.68. The summed E-state index contributed by atoms with van der Waals surface area (Å²) in [6.07, 6.45) is 4.84. The predicted molar refractivity (Wildman–Crippen MR) is 121 cm³/mol. The maximum Gasteiger partial charge on any atom is 0.342 e.